The number of ether oxygens (including phenoxy) is 1. The first kappa shape index (κ1) is 17.0. The molecule has 0 aliphatic carbocycles. The van der Waals surface area contributed by atoms with Crippen molar-refractivity contribution in [3.63, 3.8) is 0 Å². The summed E-state index contributed by atoms with van der Waals surface area (Å²) in [6, 6.07) is 18.1. The van der Waals surface area contributed by atoms with E-state index < -0.39 is 6.10 Å². The van der Waals surface area contributed by atoms with Crippen molar-refractivity contribution < 1.29 is 9.53 Å². The zero-order valence-electron chi connectivity index (χ0n) is 15.1. The van der Waals surface area contributed by atoms with Gasteiger partial charge >= 0.3 is 0 Å². The van der Waals surface area contributed by atoms with E-state index in [-0.39, 0.29) is 5.91 Å². The molecule has 3 rings (SSSR count). The van der Waals surface area contributed by atoms with Gasteiger partial charge in [0, 0.05) is 5.69 Å². The minimum Gasteiger partial charge on any atom is -0.481 e. The summed E-state index contributed by atoms with van der Waals surface area (Å²) < 4.78 is 5.85. The first-order valence-corrected chi connectivity index (χ1v) is 8.48. The van der Waals surface area contributed by atoms with Gasteiger partial charge in [0.25, 0.3) is 5.91 Å². The summed E-state index contributed by atoms with van der Waals surface area (Å²) >= 11 is 0. The van der Waals surface area contributed by atoms with Crippen molar-refractivity contribution in [1.29, 1.82) is 0 Å². The molecule has 0 bridgehead atoms. The highest BCUT2D eigenvalue weighted by molar-refractivity contribution is 5.95. The number of amides is 1. The molecule has 0 aliphatic heterocycles. The topological polar surface area (TPSA) is 38.3 Å². The minimum absolute atomic E-state index is 0.150. The number of hydrogen-bond donors (Lipinski definition) is 1. The van der Waals surface area contributed by atoms with Gasteiger partial charge in [-0.3, -0.25) is 4.79 Å². The molecular formula is C22H23NO2. The molecule has 0 saturated heterocycles. The third-order valence-electron chi connectivity index (χ3n) is 4.33. The molecule has 0 aromatic heterocycles. The lowest BCUT2D eigenvalue weighted by Gasteiger charge is -2.18. The van der Waals surface area contributed by atoms with Crippen molar-refractivity contribution in [3.05, 3.63) is 71.3 Å². The van der Waals surface area contributed by atoms with Gasteiger partial charge in [-0.05, 0) is 61.7 Å². The summed E-state index contributed by atoms with van der Waals surface area (Å²) in [6.07, 6.45) is -0.582. The Morgan fingerprint density at radius 1 is 0.920 bits per heavy atom. The monoisotopic (exact) mass is 333 g/mol. The molecule has 0 unspecified atom stereocenters. The van der Waals surface area contributed by atoms with E-state index in [0.29, 0.717) is 5.75 Å². The van der Waals surface area contributed by atoms with Crippen LogP contribution in [0.3, 0.4) is 0 Å². The number of benzene rings is 3. The van der Waals surface area contributed by atoms with Gasteiger partial charge in [-0.25, -0.2) is 0 Å². The second-order valence-electron chi connectivity index (χ2n) is 6.53. The SMILES string of the molecule is Cc1cc(C)c(NC(=O)[C@H](C)Oc2ccc3ccccc3c2)c(C)c1. The van der Waals surface area contributed by atoms with Crippen LogP contribution in [-0.2, 0) is 4.79 Å². The van der Waals surface area contributed by atoms with Crippen LogP contribution in [0.4, 0.5) is 5.69 Å². The minimum atomic E-state index is -0.582. The van der Waals surface area contributed by atoms with Crippen molar-refractivity contribution in [1.82, 2.24) is 0 Å². The second kappa shape index (κ2) is 6.98. The van der Waals surface area contributed by atoms with Crippen LogP contribution in [0, 0.1) is 20.8 Å². The van der Waals surface area contributed by atoms with E-state index >= 15 is 0 Å². The van der Waals surface area contributed by atoms with E-state index in [1.54, 1.807) is 6.92 Å². The van der Waals surface area contributed by atoms with E-state index in [4.69, 9.17) is 4.74 Å². The molecule has 0 fully saturated rings. The number of nitrogens with one attached hydrogen (secondary N) is 1. The van der Waals surface area contributed by atoms with Crippen molar-refractivity contribution in [3.8, 4) is 5.75 Å². The zero-order chi connectivity index (χ0) is 18.0. The van der Waals surface area contributed by atoms with Crippen molar-refractivity contribution in [2.24, 2.45) is 0 Å². The van der Waals surface area contributed by atoms with Gasteiger partial charge in [0.2, 0.25) is 0 Å². The molecule has 25 heavy (non-hydrogen) atoms. The van der Waals surface area contributed by atoms with Crippen molar-refractivity contribution in [2.45, 2.75) is 33.8 Å². The van der Waals surface area contributed by atoms with Crippen LogP contribution in [0.15, 0.2) is 54.6 Å². The van der Waals surface area contributed by atoms with E-state index in [1.807, 2.05) is 50.2 Å². The third kappa shape index (κ3) is 3.82. The zero-order valence-corrected chi connectivity index (χ0v) is 15.1. The highest BCUT2D eigenvalue weighted by Crippen LogP contribution is 2.24. The number of hydrogen-bond acceptors (Lipinski definition) is 2. The first-order valence-electron chi connectivity index (χ1n) is 8.48. The van der Waals surface area contributed by atoms with Crippen LogP contribution in [-0.4, -0.2) is 12.0 Å². The summed E-state index contributed by atoms with van der Waals surface area (Å²) in [6.45, 7) is 7.83. The summed E-state index contributed by atoms with van der Waals surface area (Å²) in [5.74, 6) is 0.543. The van der Waals surface area contributed by atoms with E-state index in [1.165, 1.54) is 5.56 Å². The van der Waals surface area contributed by atoms with Gasteiger partial charge in [0.15, 0.2) is 6.10 Å². The summed E-state index contributed by atoms with van der Waals surface area (Å²) in [4.78, 5) is 12.5. The number of anilines is 1. The molecule has 1 N–H and O–H groups in total. The number of aryl methyl sites for hydroxylation is 3. The van der Waals surface area contributed by atoms with Crippen LogP contribution in [0.2, 0.25) is 0 Å². The fraction of sp³-hybridized carbons (Fsp3) is 0.227. The highest BCUT2D eigenvalue weighted by atomic mass is 16.5. The Bertz CT molecular complexity index is 907. The van der Waals surface area contributed by atoms with Gasteiger partial charge in [-0.2, -0.15) is 0 Å². The fourth-order valence-corrected chi connectivity index (χ4v) is 3.10. The standard InChI is InChI=1S/C22H23NO2/c1-14-11-15(2)21(16(3)12-14)23-22(24)17(4)25-20-10-9-18-7-5-6-8-19(18)13-20/h5-13,17H,1-4H3,(H,23,24)/t17-/m0/s1. The maximum absolute atomic E-state index is 12.5. The predicted molar refractivity (Wildman–Crippen MR) is 103 cm³/mol. The number of rotatable bonds is 4. The third-order valence-corrected chi connectivity index (χ3v) is 4.33. The Morgan fingerprint density at radius 3 is 2.24 bits per heavy atom. The molecule has 0 spiro atoms. The van der Waals surface area contributed by atoms with Gasteiger partial charge in [-0.15, -0.1) is 0 Å². The van der Waals surface area contributed by atoms with Gasteiger partial charge in [0.05, 0.1) is 0 Å². The lowest BCUT2D eigenvalue weighted by molar-refractivity contribution is -0.122. The van der Waals surface area contributed by atoms with Gasteiger partial charge in [0.1, 0.15) is 5.75 Å². The maximum Gasteiger partial charge on any atom is 0.265 e. The number of carbonyl (C=O) groups is 1. The lowest BCUT2D eigenvalue weighted by atomic mass is 10.0. The summed E-state index contributed by atoms with van der Waals surface area (Å²) in [5.41, 5.74) is 4.17. The van der Waals surface area contributed by atoms with E-state index in [9.17, 15) is 4.79 Å². The largest absolute Gasteiger partial charge is 0.481 e. The van der Waals surface area contributed by atoms with Crippen molar-refractivity contribution >= 4 is 22.4 Å². The Balaban J connectivity index is 1.74. The maximum atomic E-state index is 12.5. The fourth-order valence-electron chi connectivity index (χ4n) is 3.10. The molecule has 3 nitrogen and oxygen atoms in total. The second-order valence-corrected chi connectivity index (χ2v) is 6.53. The quantitative estimate of drug-likeness (QED) is 0.715. The molecule has 0 heterocycles. The average Bonchev–Trinajstić information content (AvgIpc) is 2.57. The van der Waals surface area contributed by atoms with E-state index in [0.717, 1.165) is 27.6 Å². The lowest BCUT2D eigenvalue weighted by Crippen LogP contribution is -2.30. The molecule has 3 heteroatoms. The number of carbonyl (C=O) groups excluding carboxylic acids is 1. The molecule has 0 radical (unpaired) electrons. The van der Waals surface area contributed by atoms with E-state index in [2.05, 4.69) is 30.4 Å². The van der Waals surface area contributed by atoms with Crippen LogP contribution >= 0.6 is 0 Å². The average molecular weight is 333 g/mol. The van der Waals surface area contributed by atoms with Crippen LogP contribution in [0.5, 0.6) is 5.75 Å². The van der Waals surface area contributed by atoms with Gasteiger partial charge in [-0.1, -0.05) is 48.0 Å². The molecule has 0 aliphatic rings. The molecular weight excluding hydrogens is 310 g/mol. The molecule has 128 valence electrons. The van der Waals surface area contributed by atoms with Crippen molar-refractivity contribution in [2.75, 3.05) is 5.32 Å². The van der Waals surface area contributed by atoms with Crippen LogP contribution in [0.1, 0.15) is 23.6 Å². The highest BCUT2D eigenvalue weighted by Gasteiger charge is 2.17. The first-order chi connectivity index (χ1) is 11.9. The smallest absolute Gasteiger partial charge is 0.265 e. The van der Waals surface area contributed by atoms with Gasteiger partial charge < -0.3 is 10.1 Å². The normalized spacial score (nSPS) is 12.0. The number of fused-ring (bicyclic) bond motifs is 1. The Hall–Kier alpha value is -2.81. The Kier molecular flexibility index (Phi) is 4.75. The Labute approximate surface area is 148 Å². The van der Waals surface area contributed by atoms with Crippen LogP contribution < -0.4 is 10.1 Å². The molecule has 3 aromatic carbocycles. The molecule has 1 amide bonds. The molecule has 3 aromatic rings. The predicted octanol–water partition coefficient (Wildman–Crippen LogP) is 5.17. The molecule has 0 saturated carbocycles. The Morgan fingerprint density at radius 2 is 1.56 bits per heavy atom. The summed E-state index contributed by atoms with van der Waals surface area (Å²) in [5, 5.41) is 5.24. The summed E-state index contributed by atoms with van der Waals surface area (Å²) in [7, 11) is 0. The molecule has 1 atom stereocenters. The van der Waals surface area contributed by atoms with Crippen LogP contribution in [0.25, 0.3) is 10.8 Å².